The molecule has 0 saturated heterocycles. The molecule has 0 amide bonds. The summed E-state index contributed by atoms with van der Waals surface area (Å²) in [6.07, 6.45) is 11.6. The molecule has 4 nitrogen and oxygen atoms in total. The van der Waals surface area contributed by atoms with Gasteiger partial charge in [-0.1, -0.05) is 42.5 Å². The molecule has 1 saturated carbocycles. The molecule has 1 heterocycles. The molecule has 1 fully saturated rings. The van der Waals surface area contributed by atoms with Crippen molar-refractivity contribution in [3.63, 3.8) is 0 Å². The molecule has 2 atom stereocenters. The first kappa shape index (κ1) is 19.2. The van der Waals surface area contributed by atoms with E-state index in [4.69, 9.17) is 4.99 Å². The van der Waals surface area contributed by atoms with E-state index in [1.807, 2.05) is 25.2 Å². The predicted molar refractivity (Wildman–Crippen MR) is 118 cm³/mol. The van der Waals surface area contributed by atoms with Crippen LogP contribution in [0.1, 0.15) is 30.9 Å². The normalized spacial score (nSPS) is 30.8. The average Bonchev–Trinajstić information content (AvgIpc) is 3.42. The maximum Gasteiger partial charge on any atom is 0.153 e. The van der Waals surface area contributed by atoms with Crippen molar-refractivity contribution in [3.8, 4) is 0 Å². The number of fused-ring (bicyclic) bond motifs is 1. The Labute approximate surface area is 171 Å². The molecule has 148 valence electrons. The Morgan fingerprint density at radius 2 is 2.00 bits per heavy atom. The van der Waals surface area contributed by atoms with Gasteiger partial charge in [-0.3, -0.25) is 9.98 Å². The predicted octanol–water partition coefficient (Wildman–Crippen LogP) is 5.70. The molecule has 1 aliphatic heterocycles. The summed E-state index contributed by atoms with van der Waals surface area (Å²) in [5, 5.41) is 20.1. The minimum Gasteiger partial charge on any atom is -0.508 e. The van der Waals surface area contributed by atoms with Crippen LogP contribution in [0.5, 0.6) is 0 Å². The Morgan fingerprint density at radius 3 is 2.79 bits per heavy atom. The zero-order chi connectivity index (χ0) is 20.6. The molecule has 1 aromatic rings. The van der Waals surface area contributed by atoms with Crippen molar-refractivity contribution in [1.82, 2.24) is 0 Å². The van der Waals surface area contributed by atoms with Crippen LogP contribution in [-0.4, -0.2) is 21.6 Å². The van der Waals surface area contributed by atoms with Gasteiger partial charge in [-0.25, -0.2) is 0 Å². The maximum atomic E-state index is 10.3. The van der Waals surface area contributed by atoms with Crippen molar-refractivity contribution in [2.45, 2.75) is 33.1 Å². The van der Waals surface area contributed by atoms with Crippen molar-refractivity contribution in [2.75, 3.05) is 0 Å². The van der Waals surface area contributed by atoms with Crippen LogP contribution in [0.25, 0.3) is 0 Å². The molecular weight excluding hydrogens is 360 g/mol. The average molecular weight is 386 g/mol. The van der Waals surface area contributed by atoms with Gasteiger partial charge in [0.05, 0.1) is 5.70 Å². The van der Waals surface area contributed by atoms with E-state index in [0.29, 0.717) is 0 Å². The lowest BCUT2D eigenvalue weighted by atomic mass is 9.92. The number of rotatable bonds is 4. The topological polar surface area (TPSA) is 65.2 Å². The van der Waals surface area contributed by atoms with Gasteiger partial charge in [0.2, 0.25) is 0 Å². The van der Waals surface area contributed by atoms with Gasteiger partial charge in [0.15, 0.2) is 5.76 Å². The van der Waals surface area contributed by atoms with Gasteiger partial charge in [-0.15, -0.1) is 0 Å². The van der Waals surface area contributed by atoms with Crippen LogP contribution in [0.4, 0.5) is 0 Å². The van der Waals surface area contributed by atoms with Crippen molar-refractivity contribution >= 4 is 11.4 Å². The lowest BCUT2D eigenvalue weighted by Gasteiger charge is -2.19. The van der Waals surface area contributed by atoms with Crippen molar-refractivity contribution in [1.29, 1.82) is 0 Å². The van der Waals surface area contributed by atoms with E-state index < -0.39 is 0 Å². The van der Waals surface area contributed by atoms with E-state index >= 15 is 0 Å². The molecule has 0 aromatic heterocycles. The van der Waals surface area contributed by atoms with Crippen LogP contribution >= 0.6 is 0 Å². The Morgan fingerprint density at radius 1 is 1.17 bits per heavy atom. The summed E-state index contributed by atoms with van der Waals surface area (Å²) in [7, 11) is 0. The summed E-state index contributed by atoms with van der Waals surface area (Å²) < 4.78 is 0. The van der Waals surface area contributed by atoms with E-state index in [1.165, 1.54) is 11.1 Å². The van der Waals surface area contributed by atoms with E-state index in [2.05, 4.69) is 42.8 Å². The highest BCUT2D eigenvalue weighted by molar-refractivity contribution is 6.04. The van der Waals surface area contributed by atoms with Gasteiger partial charge in [-0.05, 0) is 62.5 Å². The highest BCUT2D eigenvalue weighted by Gasteiger charge is 2.59. The maximum absolute atomic E-state index is 10.3. The van der Waals surface area contributed by atoms with Crippen LogP contribution < -0.4 is 0 Å². The molecular formula is C25H26N2O2. The minimum absolute atomic E-state index is 0.0492. The second-order valence-corrected chi connectivity index (χ2v) is 8.09. The smallest absolute Gasteiger partial charge is 0.153 e. The fourth-order valence-corrected chi connectivity index (χ4v) is 4.07. The van der Waals surface area contributed by atoms with Gasteiger partial charge in [0.25, 0.3) is 0 Å². The number of aliphatic imine (C=N–C) groups is 2. The van der Waals surface area contributed by atoms with Gasteiger partial charge >= 0.3 is 0 Å². The quantitative estimate of drug-likeness (QED) is 0.697. The Kier molecular flexibility index (Phi) is 4.87. The third-order valence-corrected chi connectivity index (χ3v) is 5.87. The van der Waals surface area contributed by atoms with Gasteiger partial charge in [0.1, 0.15) is 5.76 Å². The monoisotopic (exact) mass is 386 g/mol. The molecule has 1 aromatic carbocycles. The number of aliphatic hydroxyl groups is 2. The number of nitrogens with zero attached hydrogens (tertiary/aromatic N) is 2. The van der Waals surface area contributed by atoms with Crippen molar-refractivity contribution < 1.29 is 10.2 Å². The summed E-state index contributed by atoms with van der Waals surface area (Å²) >= 11 is 0. The standard InChI is InChI=1S/C25H26N2O2/c1-16-5-4-6-19(13-16)7-8-21-17(2)10-12-26-18(3)14-23(27-21)25-11-9-22(28)24(29)20(25)15-25/h4-6,9-14,20,28-29H,2,7-8,15H2,1,3H3/b12-10-,23-14-,26-18-,27-21?. The molecule has 0 bridgehead atoms. The van der Waals surface area contributed by atoms with Crippen LogP contribution in [0.2, 0.25) is 0 Å². The zero-order valence-electron chi connectivity index (χ0n) is 16.9. The van der Waals surface area contributed by atoms with Gasteiger partial charge in [-0.2, -0.15) is 0 Å². The first-order chi connectivity index (χ1) is 13.9. The lowest BCUT2D eigenvalue weighted by molar-refractivity contribution is 0.302. The fraction of sp³-hybridized carbons (Fsp3) is 0.280. The first-order valence-corrected chi connectivity index (χ1v) is 9.96. The summed E-state index contributed by atoms with van der Waals surface area (Å²) in [5.41, 5.74) is 5.61. The molecule has 4 rings (SSSR count). The molecule has 2 N–H and O–H groups in total. The van der Waals surface area contributed by atoms with E-state index in [0.717, 1.165) is 42.0 Å². The summed E-state index contributed by atoms with van der Waals surface area (Å²) in [5.74, 6) is -0.126. The van der Waals surface area contributed by atoms with Gasteiger partial charge < -0.3 is 10.2 Å². The van der Waals surface area contributed by atoms with Crippen molar-refractivity contribution in [2.24, 2.45) is 21.3 Å². The third kappa shape index (κ3) is 3.75. The molecule has 2 unspecified atom stereocenters. The van der Waals surface area contributed by atoms with Crippen LogP contribution in [-0.2, 0) is 6.42 Å². The second kappa shape index (κ2) is 7.36. The van der Waals surface area contributed by atoms with Crippen molar-refractivity contribution in [3.05, 3.63) is 95.3 Å². The van der Waals surface area contributed by atoms with Gasteiger partial charge in [0, 0.05) is 29.0 Å². The molecule has 0 radical (unpaired) electrons. The lowest BCUT2D eigenvalue weighted by Crippen LogP contribution is -2.13. The third-order valence-electron chi connectivity index (χ3n) is 5.87. The minimum atomic E-state index is -0.383. The Balaban J connectivity index is 1.67. The number of benzene rings is 1. The molecule has 29 heavy (non-hydrogen) atoms. The number of hydrogen-bond donors (Lipinski definition) is 2. The van der Waals surface area contributed by atoms with Crippen LogP contribution in [0.15, 0.2) is 94.1 Å². The summed E-state index contributed by atoms with van der Waals surface area (Å²) in [6.45, 7) is 8.24. The Bertz CT molecular complexity index is 1050. The van der Waals surface area contributed by atoms with Crippen LogP contribution in [0.3, 0.4) is 0 Å². The number of aryl methyl sites for hydroxylation is 2. The SMILES string of the molecule is C=C1\C=C/N=C(C)\C=C(\C23C=CC(O)=C(O)C2C3)N=C1CCc1cccc(C)c1. The largest absolute Gasteiger partial charge is 0.508 e. The molecule has 3 aliphatic rings. The Hall–Kier alpha value is -3.14. The summed E-state index contributed by atoms with van der Waals surface area (Å²) in [6, 6.07) is 8.51. The molecule has 4 heteroatoms. The summed E-state index contributed by atoms with van der Waals surface area (Å²) in [4.78, 5) is 9.51. The highest BCUT2D eigenvalue weighted by Crippen LogP contribution is 2.64. The highest BCUT2D eigenvalue weighted by atomic mass is 16.3. The molecule has 0 spiro atoms. The second-order valence-electron chi connectivity index (χ2n) is 8.09. The number of hydrogen-bond acceptors (Lipinski definition) is 4. The van der Waals surface area contributed by atoms with E-state index in [1.54, 1.807) is 12.3 Å². The van der Waals surface area contributed by atoms with E-state index in [9.17, 15) is 10.2 Å². The van der Waals surface area contributed by atoms with Crippen LogP contribution in [0, 0.1) is 18.3 Å². The number of aliphatic hydroxyl groups excluding tert-OH is 2. The fourth-order valence-electron chi connectivity index (χ4n) is 4.07. The van der Waals surface area contributed by atoms with E-state index in [-0.39, 0.29) is 22.9 Å². The zero-order valence-corrected chi connectivity index (χ0v) is 16.9. The number of allylic oxidation sites excluding steroid dienone is 6. The molecule has 2 aliphatic carbocycles. The first-order valence-electron chi connectivity index (χ1n) is 9.96.